The number of aromatic nitrogens is 2. The van der Waals surface area contributed by atoms with E-state index in [1.54, 1.807) is 0 Å². The summed E-state index contributed by atoms with van der Waals surface area (Å²) in [6, 6.07) is 0. The van der Waals surface area contributed by atoms with Crippen LogP contribution >= 0.6 is 0 Å². The Bertz CT molecular complexity index is 334. The molecule has 1 aliphatic rings. The summed E-state index contributed by atoms with van der Waals surface area (Å²) in [4.78, 5) is 4.44. The van der Waals surface area contributed by atoms with Crippen molar-refractivity contribution >= 4 is 0 Å². The van der Waals surface area contributed by atoms with E-state index in [4.69, 9.17) is 15.0 Å². The zero-order chi connectivity index (χ0) is 12.1. The fraction of sp³-hybridized carbons (Fsp3) is 0.833. The normalized spacial score (nSPS) is 22.6. The highest BCUT2D eigenvalue weighted by molar-refractivity contribution is 4.96. The lowest BCUT2D eigenvalue weighted by Crippen LogP contribution is -2.16. The molecule has 1 aliphatic heterocycles. The number of hydrogen-bond donors (Lipinski definition) is 1. The zero-order valence-corrected chi connectivity index (χ0v) is 10.4. The summed E-state index contributed by atoms with van der Waals surface area (Å²) in [6.07, 6.45) is 4.00. The maximum absolute atomic E-state index is 5.58. The lowest BCUT2D eigenvalue weighted by Gasteiger charge is -2.18. The Morgan fingerprint density at radius 1 is 1.53 bits per heavy atom. The van der Waals surface area contributed by atoms with Gasteiger partial charge in [0.25, 0.3) is 0 Å². The highest BCUT2D eigenvalue weighted by atomic mass is 16.5. The molecule has 2 N–H and O–H groups in total. The summed E-state index contributed by atoms with van der Waals surface area (Å²) < 4.78 is 10.7. The average Bonchev–Trinajstić information content (AvgIpc) is 2.86. The zero-order valence-electron chi connectivity index (χ0n) is 10.4. The van der Waals surface area contributed by atoms with Crippen LogP contribution in [0.2, 0.25) is 0 Å². The second-order valence-electron chi connectivity index (χ2n) is 4.84. The molecule has 1 aromatic rings. The summed E-state index contributed by atoms with van der Waals surface area (Å²) in [7, 11) is 0. The third-order valence-corrected chi connectivity index (χ3v) is 3.26. The van der Waals surface area contributed by atoms with Crippen molar-refractivity contribution in [3.05, 3.63) is 11.7 Å². The molecule has 1 aromatic heterocycles. The van der Waals surface area contributed by atoms with E-state index in [-0.39, 0.29) is 0 Å². The van der Waals surface area contributed by atoms with Gasteiger partial charge in [-0.15, -0.1) is 0 Å². The van der Waals surface area contributed by atoms with Gasteiger partial charge in [-0.05, 0) is 31.7 Å². The summed E-state index contributed by atoms with van der Waals surface area (Å²) in [5.74, 6) is 2.35. The Morgan fingerprint density at radius 3 is 3.12 bits per heavy atom. The predicted molar refractivity (Wildman–Crippen MR) is 63.6 cm³/mol. The van der Waals surface area contributed by atoms with E-state index in [9.17, 15) is 0 Å². The van der Waals surface area contributed by atoms with Crippen molar-refractivity contribution in [1.82, 2.24) is 10.1 Å². The van der Waals surface area contributed by atoms with E-state index in [2.05, 4.69) is 17.1 Å². The van der Waals surface area contributed by atoms with Gasteiger partial charge in [0.05, 0.1) is 6.61 Å². The van der Waals surface area contributed by atoms with Crippen LogP contribution in [0.1, 0.15) is 43.8 Å². The van der Waals surface area contributed by atoms with Gasteiger partial charge >= 0.3 is 0 Å². The van der Waals surface area contributed by atoms with Crippen LogP contribution in [0.25, 0.3) is 0 Å². The van der Waals surface area contributed by atoms with Crippen LogP contribution in [0.4, 0.5) is 0 Å². The smallest absolute Gasteiger partial charge is 0.226 e. The van der Waals surface area contributed by atoms with Crippen LogP contribution in [0.5, 0.6) is 0 Å². The number of nitrogens with two attached hydrogens (primary N) is 1. The van der Waals surface area contributed by atoms with Crippen molar-refractivity contribution in [2.75, 3.05) is 19.8 Å². The molecule has 0 spiro atoms. The van der Waals surface area contributed by atoms with E-state index in [0.717, 1.165) is 50.6 Å². The minimum Gasteiger partial charge on any atom is -0.381 e. The molecule has 2 heterocycles. The lowest BCUT2D eigenvalue weighted by atomic mass is 10.0. The van der Waals surface area contributed by atoms with E-state index >= 15 is 0 Å². The molecule has 1 fully saturated rings. The van der Waals surface area contributed by atoms with E-state index < -0.39 is 0 Å². The maximum atomic E-state index is 5.58. The van der Waals surface area contributed by atoms with Crippen molar-refractivity contribution in [2.45, 2.75) is 38.5 Å². The van der Waals surface area contributed by atoms with Gasteiger partial charge in [0, 0.05) is 18.9 Å². The first-order valence-corrected chi connectivity index (χ1v) is 6.40. The van der Waals surface area contributed by atoms with Gasteiger partial charge in [0.1, 0.15) is 0 Å². The summed E-state index contributed by atoms with van der Waals surface area (Å²) in [6.45, 7) is 4.41. The molecule has 0 aliphatic carbocycles. The SMILES string of the molecule is CC(CN)CCc1nc(C2CCCOC2)no1. The number of nitrogens with zero attached hydrogens (tertiary/aromatic N) is 2. The van der Waals surface area contributed by atoms with E-state index in [1.165, 1.54) is 0 Å². The first-order valence-electron chi connectivity index (χ1n) is 6.40. The van der Waals surface area contributed by atoms with E-state index in [1.807, 2.05) is 0 Å². The van der Waals surface area contributed by atoms with Crippen LogP contribution in [0.3, 0.4) is 0 Å². The molecular weight excluding hydrogens is 218 g/mol. The first-order chi connectivity index (χ1) is 8.29. The monoisotopic (exact) mass is 239 g/mol. The molecule has 5 nitrogen and oxygen atoms in total. The Morgan fingerprint density at radius 2 is 2.41 bits per heavy atom. The molecule has 96 valence electrons. The van der Waals surface area contributed by atoms with Gasteiger partial charge in [0.2, 0.25) is 5.89 Å². The molecule has 5 heteroatoms. The van der Waals surface area contributed by atoms with Gasteiger partial charge in [-0.25, -0.2) is 0 Å². The molecule has 0 bridgehead atoms. The first kappa shape index (κ1) is 12.5. The summed E-state index contributed by atoms with van der Waals surface area (Å²) in [5.41, 5.74) is 5.58. The van der Waals surface area contributed by atoms with Crippen molar-refractivity contribution in [3.8, 4) is 0 Å². The third-order valence-electron chi connectivity index (χ3n) is 3.26. The average molecular weight is 239 g/mol. The third kappa shape index (κ3) is 3.51. The minimum atomic E-state index is 0.313. The van der Waals surface area contributed by atoms with Crippen molar-refractivity contribution in [1.29, 1.82) is 0 Å². The van der Waals surface area contributed by atoms with Gasteiger partial charge in [-0.3, -0.25) is 0 Å². The summed E-state index contributed by atoms with van der Waals surface area (Å²) >= 11 is 0. The Labute approximate surface area is 102 Å². The Balaban J connectivity index is 1.86. The Kier molecular flexibility index (Phi) is 4.50. The van der Waals surface area contributed by atoms with Gasteiger partial charge in [-0.2, -0.15) is 4.98 Å². The van der Waals surface area contributed by atoms with Crippen molar-refractivity contribution in [2.24, 2.45) is 11.7 Å². The molecule has 0 radical (unpaired) electrons. The largest absolute Gasteiger partial charge is 0.381 e. The number of ether oxygens (including phenoxy) is 1. The van der Waals surface area contributed by atoms with Crippen molar-refractivity contribution < 1.29 is 9.26 Å². The molecule has 0 aromatic carbocycles. The molecular formula is C12H21N3O2. The van der Waals surface area contributed by atoms with Crippen LogP contribution in [-0.2, 0) is 11.2 Å². The van der Waals surface area contributed by atoms with Crippen LogP contribution in [0.15, 0.2) is 4.52 Å². The minimum absolute atomic E-state index is 0.313. The highest BCUT2D eigenvalue weighted by Gasteiger charge is 2.21. The summed E-state index contributed by atoms with van der Waals surface area (Å²) in [5, 5.41) is 4.05. The van der Waals surface area contributed by atoms with E-state index in [0.29, 0.717) is 18.4 Å². The lowest BCUT2D eigenvalue weighted by molar-refractivity contribution is 0.0773. The molecule has 2 atom stereocenters. The quantitative estimate of drug-likeness (QED) is 0.842. The fourth-order valence-corrected chi connectivity index (χ4v) is 1.97. The van der Waals surface area contributed by atoms with Crippen molar-refractivity contribution in [3.63, 3.8) is 0 Å². The second-order valence-corrected chi connectivity index (χ2v) is 4.84. The topological polar surface area (TPSA) is 74.2 Å². The van der Waals surface area contributed by atoms with Crippen LogP contribution < -0.4 is 5.73 Å². The van der Waals surface area contributed by atoms with Crippen LogP contribution in [0, 0.1) is 5.92 Å². The fourth-order valence-electron chi connectivity index (χ4n) is 1.97. The Hall–Kier alpha value is -0.940. The molecule has 2 rings (SSSR count). The molecule has 17 heavy (non-hydrogen) atoms. The molecule has 1 saturated heterocycles. The maximum Gasteiger partial charge on any atom is 0.226 e. The molecule has 0 saturated carbocycles. The van der Waals surface area contributed by atoms with Gasteiger partial charge in [0.15, 0.2) is 5.82 Å². The van der Waals surface area contributed by atoms with Gasteiger partial charge < -0.3 is 15.0 Å². The second kappa shape index (κ2) is 6.12. The highest BCUT2D eigenvalue weighted by Crippen LogP contribution is 2.23. The number of aryl methyl sites for hydroxylation is 1. The molecule has 2 unspecified atom stereocenters. The molecule has 0 amide bonds. The number of hydrogen-bond acceptors (Lipinski definition) is 5. The van der Waals surface area contributed by atoms with Crippen LogP contribution in [-0.4, -0.2) is 29.9 Å². The van der Waals surface area contributed by atoms with Gasteiger partial charge in [-0.1, -0.05) is 12.1 Å². The number of rotatable bonds is 5. The standard InChI is InChI=1S/C12H21N3O2/c1-9(7-13)4-5-11-14-12(15-17-11)10-3-2-6-16-8-10/h9-10H,2-8,13H2,1H3. The predicted octanol–water partition coefficient (Wildman–Crippen LogP) is 1.49.